The maximum absolute atomic E-state index is 13.1. The van der Waals surface area contributed by atoms with Gasteiger partial charge in [-0.15, -0.1) is 0 Å². The number of rotatable bonds is 9. The molecule has 9 nitrogen and oxygen atoms in total. The fourth-order valence-corrected chi connectivity index (χ4v) is 5.91. The number of hydrogen-bond acceptors (Lipinski definition) is 7. The number of morpholine rings is 1. The number of carbonyl (C=O) groups excluding carboxylic acids is 1. The van der Waals surface area contributed by atoms with E-state index in [1.165, 1.54) is 4.31 Å². The maximum atomic E-state index is 13.1. The molecule has 0 unspecified atom stereocenters. The van der Waals surface area contributed by atoms with Crippen molar-refractivity contribution in [3.05, 3.63) is 18.2 Å². The van der Waals surface area contributed by atoms with Gasteiger partial charge in [0, 0.05) is 32.3 Å². The highest BCUT2D eigenvalue weighted by atomic mass is 32.2. The topological polar surface area (TPSA) is 109 Å². The van der Waals surface area contributed by atoms with Crippen molar-refractivity contribution in [3.8, 4) is 0 Å². The smallest absolute Gasteiger partial charge is 0.243 e. The van der Waals surface area contributed by atoms with Crippen LogP contribution in [0, 0.1) is 0 Å². The number of carbonyl (C=O) groups is 1. The van der Waals surface area contributed by atoms with Crippen LogP contribution in [0.4, 0.5) is 11.4 Å². The molecule has 3 aliphatic rings. The number of ether oxygens (including phenoxy) is 2. The van der Waals surface area contributed by atoms with E-state index in [0.717, 1.165) is 50.8 Å². The fourth-order valence-electron chi connectivity index (χ4n) is 4.47. The van der Waals surface area contributed by atoms with Gasteiger partial charge in [0.25, 0.3) is 0 Å². The summed E-state index contributed by atoms with van der Waals surface area (Å²) >= 11 is 0. The summed E-state index contributed by atoms with van der Waals surface area (Å²) in [7, 11) is -3.63. The van der Waals surface area contributed by atoms with Crippen LogP contribution in [-0.4, -0.2) is 76.8 Å². The predicted octanol–water partition coefficient (Wildman–Crippen LogP) is 1.77. The summed E-state index contributed by atoms with van der Waals surface area (Å²) < 4.78 is 38.6. The SMILES string of the molecule is O=C(CNc1cc(S(=O)(=O)N2CCOCC2)ccc1NC[C@H]1CCCO1)NC1CCCC1. The number of sulfonamides is 1. The number of benzene rings is 1. The van der Waals surface area contributed by atoms with Gasteiger partial charge in [-0.3, -0.25) is 4.79 Å². The summed E-state index contributed by atoms with van der Waals surface area (Å²) in [6, 6.07) is 5.24. The summed E-state index contributed by atoms with van der Waals surface area (Å²) in [5.41, 5.74) is 1.36. The molecule has 1 atom stereocenters. The highest BCUT2D eigenvalue weighted by molar-refractivity contribution is 7.89. The highest BCUT2D eigenvalue weighted by Gasteiger charge is 2.27. The molecule has 3 fully saturated rings. The zero-order valence-corrected chi connectivity index (χ0v) is 19.3. The van der Waals surface area contributed by atoms with Gasteiger partial charge in [0.15, 0.2) is 0 Å². The first-order valence-corrected chi connectivity index (χ1v) is 13.1. The molecule has 0 aromatic heterocycles. The molecule has 10 heteroatoms. The molecule has 32 heavy (non-hydrogen) atoms. The van der Waals surface area contributed by atoms with Gasteiger partial charge in [0.1, 0.15) is 0 Å². The number of hydrogen-bond donors (Lipinski definition) is 3. The normalized spacial score (nSPS) is 22.7. The van der Waals surface area contributed by atoms with E-state index in [1.54, 1.807) is 18.2 Å². The third-order valence-corrected chi connectivity index (χ3v) is 8.20. The number of anilines is 2. The maximum Gasteiger partial charge on any atom is 0.243 e. The Balaban J connectivity index is 1.47. The largest absolute Gasteiger partial charge is 0.381 e. The molecule has 1 saturated carbocycles. The van der Waals surface area contributed by atoms with E-state index in [2.05, 4.69) is 16.0 Å². The van der Waals surface area contributed by atoms with Crippen LogP contribution < -0.4 is 16.0 Å². The summed E-state index contributed by atoms with van der Waals surface area (Å²) in [4.78, 5) is 12.6. The van der Waals surface area contributed by atoms with Crippen LogP contribution in [0.2, 0.25) is 0 Å². The van der Waals surface area contributed by atoms with Crippen LogP contribution in [0.3, 0.4) is 0 Å². The second-order valence-electron chi connectivity index (χ2n) is 8.64. The van der Waals surface area contributed by atoms with E-state index < -0.39 is 10.0 Å². The molecule has 2 aliphatic heterocycles. The predicted molar refractivity (Wildman–Crippen MR) is 122 cm³/mol. The van der Waals surface area contributed by atoms with Crippen molar-refractivity contribution in [1.82, 2.24) is 9.62 Å². The van der Waals surface area contributed by atoms with Crippen molar-refractivity contribution < 1.29 is 22.7 Å². The molecule has 4 rings (SSSR count). The van der Waals surface area contributed by atoms with Gasteiger partial charge in [-0.2, -0.15) is 4.31 Å². The van der Waals surface area contributed by atoms with Crippen LogP contribution in [0.5, 0.6) is 0 Å². The van der Waals surface area contributed by atoms with Gasteiger partial charge in [0.05, 0.1) is 42.1 Å². The van der Waals surface area contributed by atoms with Gasteiger partial charge in [-0.05, 0) is 43.9 Å². The quantitative estimate of drug-likeness (QED) is 0.509. The molecule has 0 radical (unpaired) electrons. The second kappa shape index (κ2) is 10.8. The van der Waals surface area contributed by atoms with Gasteiger partial charge in [0.2, 0.25) is 15.9 Å². The van der Waals surface area contributed by atoms with Crippen LogP contribution >= 0.6 is 0 Å². The van der Waals surface area contributed by atoms with Crippen molar-refractivity contribution in [2.45, 2.75) is 55.6 Å². The minimum Gasteiger partial charge on any atom is -0.381 e. The Bertz CT molecular complexity index is 876. The zero-order valence-electron chi connectivity index (χ0n) is 18.5. The lowest BCUT2D eigenvalue weighted by Gasteiger charge is -2.26. The lowest BCUT2D eigenvalue weighted by atomic mass is 10.2. The van der Waals surface area contributed by atoms with Crippen LogP contribution in [0.1, 0.15) is 38.5 Å². The van der Waals surface area contributed by atoms with Crippen LogP contribution in [0.15, 0.2) is 23.1 Å². The number of nitrogens with one attached hydrogen (secondary N) is 3. The van der Waals surface area contributed by atoms with Crippen LogP contribution in [0.25, 0.3) is 0 Å². The van der Waals surface area contributed by atoms with E-state index in [1.807, 2.05) is 0 Å². The molecule has 1 aromatic rings. The van der Waals surface area contributed by atoms with Crippen molar-refractivity contribution in [1.29, 1.82) is 0 Å². The minimum atomic E-state index is -3.63. The Morgan fingerprint density at radius 1 is 1.00 bits per heavy atom. The Morgan fingerprint density at radius 3 is 2.50 bits per heavy atom. The summed E-state index contributed by atoms with van der Waals surface area (Å²) in [6.07, 6.45) is 6.54. The van der Waals surface area contributed by atoms with E-state index >= 15 is 0 Å². The standard InChI is InChI=1S/C22H34N4O5S/c27-22(25-17-4-1-2-5-17)16-24-21-14-19(32(28,29)26-9-12-30-13-10-26)7-8-20(21)23-15-18-6-3-11-31-18/h7-8,14,17-18,23-24H,1-6,9-13,15-16H2,(H,25,27)/t18-/m1/s1. The average molecular weight is 467 g/mol. The van der Waals surface area contributed by atoms with E-state index in [4.69, 9.17) is 9.47 Å². The summed E-state index contributed by atoms with van der Waals surface area (Å²) in [5, 5.41) is 9.58. The van der Waals surface area contributed by atoms with Crippen molar-refractivity contribution >= 4 is 27.3 Å². The van der Waals surface area contributed by atoms with Gasteiger partial charge >= 0.3 is 0 Å². The molecule has 3 N–H and O–H groups in total. The molecule has 2 saturated heterocycles. The number of nitrogens with zero attached hydrogens (tertiary/aromatic N) is 1. The van der Waals surface area contributed by atoms with Gasteiger partial charge in [-0.25, -0.2) is 8.42 Å². The van der Waals surface area contributed by atoms with Crippen molar-refractivity contribution in [2.75, 3.05) is 56.6 Å². The zero-order chi connectivity index (χ0) is 22.4. The Labute approximate surface area is 190 Å². The molecule has 178 valence electrons. The third kappa shape index (κ3) is 5.92. The van der Waals surface area contributed by atoms with Crippen molar-refractivity contribution in [3.63, 3.8) is 0 Å². The summed E-state index contributed by atoms with van der Waals surface area (Å²) in [6.45, 7) is 2.97. The Hall–Kier alpha value is -1.88. The van der Waals surface area contributed by atoms with Crippen molar-refractivity contribution in [2.24, 2.45) is 0 Å². The second-order valence-corrected chi connectivity index (χ2v) is 10.6. The minimum absolute atomic E-state index is 0.0802. The lowest BCUT2D eigenvalue weighted by molar-refractivity contribution is -0.120. The first-order chi connectivity index (χ1) is 15.5. The molecule has 0 bridgehead atoms. The molecular formula is C22H34N4O5S. The molecule has 0 spiro atoms. The van der Waals surface area contributed by atoms with Crippen LogP contribution in [-0.2, 0) is 24.3 Å². The van der Waals surface area contributed by atoms with E-state index in [9.17, 15) is 13.2 Å². The number of amides is 1. The van der Waals surface area contributed by atoms with Gasteiger partial charge in [-0.1, -0.05) is 12.8 Å². The Morgan fingerprint density at radius 2 is 1.78 bits per heavy atom. The first-order valence-electron chi connectivity index (χ1n) is 11.6. The van der Waals surface area contributed by atoms with Gasteiger partial charge < -0.3 is 25.4 Å². The lowest BCUT2D eigenvalue weighted by Crippen LogP contribution is -2.40. The molecule has 1 aliphatic carbocycles. The summed E-state index contributed by atoms with van der Waals surface area (Å²) in [5.74, 6) is -0.0802. The average Bonchev–Trinajstić information content (AvgIpc) is 3.51. The first kappa shape index (κ1) is 23.3. The Kier molecular flexibility index (Phi) is 7.88. The molecular weight excluding hydrogens is 432 g/mol. The highest BCUT2D eigenvalue weighted by Crippen LogP contribution is 2.28. The fraction of sp³-hybridized carbons (Fsp3) is 0.682. The monoisotopic (exact) mass is 466 g/mol. The molecule has 1 amide bonds. The molecule has 2 heterocycles. The van der Waals surface area contributed by atoms with E-state index in [-0.39, 0.29) is 29.5 Å². The molecule has 1 aromatic carbocycles. The third-order valence-electron chi connectivity index (χ3n) is 6.30. The van der Waals surface area contributed by atoms with E-state index in [0.29, 0.717) is 38.5 Å².